The second kappa shape index (κ2) is 6.27. The fourth-order valence-electron chi connectivity index (χ4n) is 1.29. The lowest BCUT2D eigenvalue weighted by atomic mass is 10.0. The highest BCUT2D eigenvalue weighted by Gasteiger charge is 2.09. The number of benzene rings is 1. The third-order valence-electron chi connectivity index (χ3n) is 1.99. The van der Waals surface area contributed by atoms with Crippen LogP contribution >= 0.6 is 28.3 Å². The first-order valence-corrected chi connectivity index (χ1v) is 5.18. The number of hydrogen-bond acceptors (Lipinski definition) is 2. The molecule has 0 saturated heterocycles. The molecular formula is C10H15BrClNO. The molecule has 3 N–H and O–H groups in total. The standard InChI is InChI=1S/C10H14BrNO.ClH/c1-2-3-9(12)8-6-7(11)4-5-10(8)13;/h4-6,9,13H,2-3,12H2,1H3;1H/t9-;/m0./s1. The second-order valence-corrected chi connectivity index (χ2v) is 4.01. The van der Waals surface area contributed by atoms with Crippen LogP contribution in [0.15, 0.2) is 22.7 Å². The lowest BCUT2D eigenvalue weighted by Gasteiger charge is -2.12. The Labute approximate surface area is 99.0 Å². The zero-order valence-corrected chi connectivity index (χ0v) is 10.4. The van der Waals surface area contributed by atoms with Crippen LogP contribution in [0.4, 0.5) is 0 Å². The van der Waals surface area contributed by atoms with Gasteiger partial charge in [-0.05, 0) is 24.6 Å². The van der Waals surface area contributed by atoms with Gasteiger partial charge < -0.3 is 10.8 Å². The van der Waals surface area contributed by atoms with E-state index in [9.17, 15) is 5.11 Å². The van der Waals surface area contributed by atoms with Crippen molar-refractivity contribution in [3.63, 3.8) is 0 Å². The van der Waals surface area contributed by atoms with Crippen molar-refractivity contribution in [3.8, 4) is 5.75 Å². The molecule has 0 aliphatic carbocycles. The molecule has 0 aliphatic rings. The summed E-state index contributed by atoms with van der Waals surface area (Å²) in [5.74, 6) is 0.282. The maximum Gasteiger partial charge on any atom is 0.120 e. The topological polar surface area (TPSA) is 46.2 Å². The molecule has 1 aromatic carbocycles. The Morgan fingerprint density at radius 2 is 2.14 bits per heavy atom. The van der Waals surface area contributed by atoms with E-state index in [4.69, 9.17) is 5.73 Å². The van der Waals surface area contributed by atoms with Crippen LogP contribution < -0.4 is 5.73 Å². The predicted octanol–water partition coefficient (Wildman–Crippen LogP) is 3.38. The summed E-state index contributed by atoms with van der Waals surface area (Å²) in [4.78, 5) is 0. The Kier molecular flexibility index (Phi) is 6.16. The molecule has 0 heterocycles. The summed E-state index contributed by atoms with van der Waals surface area (Å²) in [6.45, 7) is 2.08. The molecule has 1 aromatic rings. The summed E-state index contributed by atoms with van der Waals surface area (Å²) >= 11 is 3.35. The van der Waals surface area contributed by atoms with Crippen molar-refractivity contribution in [2.45, 2.75) is 25.8 Å². The van der Waals surface area contributed by atoms with Crippen LogP contribution in [-0.2, 0) is 0 Å². The molecule has 1 rings (SSSR count). The Morgan fingerprint density at radius 3 is 2.71 bits per heavy atom. The number of phenols is 1. The van der Waals surface area contributed by atoms with Crippen LogP contribution in [-0.4, -0.2) is 5.11 Å². The minimum atomic E-state index is -0.0671. The molecular weight excluding hydrogens is 265 g/mol. The van der Waals surface area contributed by atoms with Crippen LogP contribution in [0.5, 0.6) is 5.75 Å². The monoisotopic (exact) mass is 279 g/mol. The number of nitrogens with two attached hydrogens (primary N) is 1. The van der Waals surface area contributed by atoms with Crippen molar-refractivity contribution >= 4 is 28.3 Å². The molecule has 2 nitrogen and oxygen atoms in total. The number of phenolic OH excluding ortho intramolecular Hbond substituents is 1. The van der Waals surface area contributed by atoms with Crippen LogP contribution in [0.2, 0.25) is 0 Å². The van der Waals surface area contributed by atoms with Gasteiger partial charge >= 0.3 is 0 Å². The first-order valence-electron chi connectivity index (χ1n) is 4.39. The maximum absolute atomic E-state index is 9.53. The first kappa shape index (κ1) is 13.8. The van der Waals surface area contributed by atoms with Gasteiger partial charge in [-0.3, -0.25) is 0 Å². The molecule has 1 atom stereocenters. The third-order valence-corrected chi connectivity index (χ3v) is 2.48. The van der Waals surface area contributed by atoms with E-state index in [1.807, 2.05) is 6.07 Å². The molecule has 0 bridgehead atoms. The Hall–Kier alpha value is -0.250. The van der Waals surface area contributed by atoms with Gasteiger partial charge in [-0.1, -0.05) is 29.3 Å². The fraction of sp³-hybridized carbons (Fsp3) is 0.400. The molecule has 0 aliphatic heterocycles. The molecule has 14 heavy (non-hydrogen) atoms. The largest absolute Gasteiger partial charge is 0.508 e. The van der Waals surface area contributed by atoms with E-state index < -0.39 is 0 Å². The zero-order chi connectivity index (χ0) is 9.84. The van der Waals surface area contributed by atoms with Crippen molar-refractivity contribution in [3.05, 3.63) is 28.2 Å². The molecule has 0 aromatic heterocycles. The highest BCUT2D eigenvalue weighted by molar-refractivity contribution is 9.10. The van der Waals surface area contributed by atoms with Crippen LogP contribution in [0.3, 0.4) is 0 Å². The van der Waals surface area contributed by atoms with E-state index >= 15 is 0 Å². The molecule has 0 saturated carbocycles. The summed E-state index contributed by atoms with van der Waals surface area (Å²) in [7, 11) is 0. The van der Waals surface area contributed by atoms with Crippen LogP contribution in [0.25, 0.3) is 0 Å². The Balaban J connectivity index is 0.00000169. The third kappa shape index (κ3) is 3.48. The van der Waals surface area contributed by atoms with Gasteiger partial charge in [0.05, 0.1) is 0 Å². The average molecular weight is 281 g/mol. The van der Waals surface area contributed by atoms with E-state index in [0.717, 1.165) is 22.9 Å². The second-order valence-electron chi connectivity index (χ2n) is 3.10. The van der Waals surface area contributed by atoms with Crippen molar-refractivity contribution in [2.24, 2.45) is 5.73 Å². The van der Waals surface area contributed by atoms with Gasteiger partial charge in [0.25, 0.3) is 0 Å². The van der Waals surface area contributed by atoms with Crippen LogP contribution in [0.1, 0.15) is 31.4 Å². The van der Waals surface area contributed by atoms with Gasteiger partial charge in [0.2, 0.25) is 0 Å². The summed E-state index contributed by atoms with van der Waals surface area (Å²) in [6.07, 6.45) is 1.91. The molecule has 0 amide bonds. The number of hydrogen-bond donors (Lipinski definition) is 2. The number of aromatic hydroxyl groups is 1. The summed E-state index contributed by atoms with van der Waals surface area (Å²) in [5, 5.41) is 9.53. The van der Waals surface area contributed by atoms with Gasteiger partial charge in [-0.2, -0.15) is 0 Å². The van der Waals surface area contributed by atoms with Gasteiger partial charge in [0, 0.05) is 16.1 Å². The molecule has 0 radical (unpaired) electrons. The number of halogens is 2. The maximum atomic E-state index is 9.53. The van der Waals surface area contributed by atoms with Crippen molar-refractivity contribution in [2.75, 3.05) is 0 Å². The lowest BCUT2D eigenvalue weighted by Crippen LogP contribution is -2.09. The average Bonchev–Trinajstić information content (AvgIpc) is 2.09. The van der Waals surface area contributed by atoms with E-state index in [1.165, 1.54) is 0 Å². The van der Waals surface area contributed by atoms with E-state index in [-0.39, 0.29) is 24.2 Å². The van der Waals surface area contributed by atoms with Crippen LogP contribution in [0, 0.1) is 0 Å². The van der Waals surface area contributed by atoms with Gasteiger partial charge in [-0.25, -0.2) is 0 Å². The highest BCUT2D eigenvalue weighted by Crippen LogP contribution is 2.28. The smallest absolute Gasteiger partial charge is 0.120 e. The predicted molar refractivity (Wildman–Crippen MR) is 64.9 cm³/mol. The molecule has 0 spiro atoms. The van der Waals surface area contributed by atoms with Gasteiger partial charge in [0.1, 0.15) is 5.75 Å². The minimum Gasteiger partial charge on any atom is -0.508 e. The van der Waals surface area contributed by atoms with E-state index in [1.54, 1.807) is 12.1 Å². The molecule has 4 heteroatoms. The van der Waals surface area contributed by atoms with Gasteiger partial charge in [-0.15, -0.1) is 12.4 Å². The molecule has 0 unspecified atom stereocenters. The Bertz CT molecular complexity index is 293. The normalized spacial score (nSPS) is 11.9. The van der Waals surface area contributed by atoms with E-state index in [2.05, 4.69) is 22.9 Å². The lowest BCUT2D eigenvalue weighted by molar-refractivity contribution is 0.458. The quantitative estimate of drug-likeness (QED) is 0.891. The highest BCUT2D eigenvalue weighted by atomic mass is 79.9. The fourth-order valence-corrected chi connectivity index (χ4v) is 1.67. The summed E-state index contributed by atoms with van der Waals surface area (Å²) in [6, 6.07) is 5.27. The summed E-state index contributed by atoms with van der Waals surface area (Å²) in [5.41, 5.74) is 6.71. The van der Waals surface area contributed by atoms with Crippen molar-refractivity contribution in [1.82, 2.24) is 0 Å². The Morgan fingerprint density at radius 1 is 1.50 bits per heavy atom. The summed E-state index contributed by atoms with van der Waals surface area (Å²) < 4.78 is 0.951. The minimum absolute atomic E-state index is 0. The number of rotatable bonds is 3. The first-order chi connectivity index (χ1) is 6.15. The zero-order valence-electron chi connectivity index (χ0n) is 8.03. The van der Waals surface area contributed by atoms with Gasteiger partial charge in [0.15, 0.2) is 0 Å². The molecule has 0 fully saturated rings. The SMILES string of the molecule is CCC[C@H](N)c1cc(Br)ccc1O.Cl. The molecule has 80 valence electrons. The van der Waals surface area contributed by atoms with Crippen molar-refractivity contribution < 1.29 is 5.11 Å². The van der Waals surface area contributed by atoms with E-state index in [0.29, 0.717) is 0 Å². The van der Waals surface area contributed by atoms with Crippen molar-refractivity contribution in [1.29, 1.82) is 0 Å².